The van der Waals surface area contributed by atoms with Gasteiger partial charge in [-0.1, -0.05) is 39.3 Å². The van der Waals surface area contributed by atoms with Gasteiger partial charge in [0.2, 0.25) is 0 Å². The van der Waals surface area contributed by atoms with Crippen LogP contribution < -0.4 is 0 Å². The largest absolute Gasteiger partial charge is 0.300 e. The molecule has 1 aliphatic rings. The van der Waals surface area contributed by atoms with Crippen LogP contribution in [-0.4, -0.2) is 11.6 Å². The van der Waals surface area contributed by atoms with Gasteiger partial charge in [0.15, 0.2) is 0 Å². The van der Waals surface area contributed by atoms with Gasteiger partial charge in [-0.15, -0.1) is 0 Å². The molecule has 0 aromatic heterocycles. The Balaban J connectivity index is 2.31. The predicted octanol–water partition coefficient (Wildman–Crippen LogP) is 4.09. The van der Waals surface area contributed by atoms with Crippen molar-refractivity contribution in [1.29, 1.82) is 0 Å². The summed E-state index contributed by atoms with van der Waals surface area (Å²) in [5, 5.41) is 0. The van der Waals surface area contributed by atoms with Gasteiger partial charge < -0.3 is 0 Å². The lowest BCUT2D eigenvalue weighted by molar-refractivity contribution is -0.125. The lowest BCUT2D eigenvalue weighted by atomic mass is 9.88. The second-order valence-electron chi connectivity index (χ2n) is 6.44. The summed E-state index contributed by atoms with van der Waals surface area (Å²) in [4.78, 5) is 23.2. The lowest BCUT2D eigenvalue weighted by Crippen LogP contribution is -2.18. The molecule has 0 aliphatic heterocycles. The van der Waals surface area contributed by atoms with Crippen LogP contribution >= 0.6 is 0 Å². The molecule has 0 bridgehead atoms. The molecular weight excluding hydrogens is 224 g/mol. The molecule has 102 valence electrons. The highest BCUT2D eigenvalue weighted by molar-refractivity contribution is 5.84. The van der Waals surface area contributed by atoms with E-state index in [0.29, 0.717) is 18.1 Å². The maximum absolute atomic E-state index is 11.7. The molecule has 1 unspecified atom stereocenters. The molecule has 0 aromatic rings. The van der Waals surface area contributed by atoms with Crippen LogP contribution in [0.1, 0.15) is 65.7 Å². The monoisotopic (exact) mass is 250 g/mol. The number of carbonyl (C=O) groups is 2. The lowest BCUT2D eigenvalue weighted by Gasteiger charge is -2.15. The number of ketones is 2. The molecule has 2 nitrogen and oxygen atoms in total. The maximum Gasteiger partial charge on any atom is 0.141 e. The smallest absolute Gasteiger partial charge is 0.141 e. The quantitative estimate of drug-likeness (QED) is 0.556. The van der Waals surface area contributed by atoms with Gasteiger partial charge in [-0.05, 0) is 25.2 Å². The topological polar surface area (TPSA) is 34.1 Å². The summed E-state index contributed by atoms with van der Waals surface area (Å²) in [7, 11) is 0. The van der Waals surface area contributed by atoms with Gasteiger partial charge in [0, 0.05) is 24.7 Å². The molecule has 0 radical (unpaired) electrons. The minimum atomic E-state index is -0.247. The molecule has 0 amide bonds. The molecule has 1 atom stereocenters. The summed E-state index contributed by atoms with van der Waals surface area (Å²) in [6, 6.07) is 0. The number of hydrogen-bond donors (Lipinski definition) is 0. The summed E-state index contributed by atoms with van der Waals surface area (Å²) in [6.07, 6.45) is 10.4. The van der Waals surface area contributed by atoms with Crippen LogP contribution in [0.2, 0.25) is 0 Å². The Morgan fingerprint density at radius 1 is 1.28 bits per heavy atom. The van der Waals surface area contributed by atoms with E-state index in [-0.39, 0.29) is 11.2 Å². The average Bonchev–Trinajstić information content (AvgIpc) is 2.47. The number of allylic oxidation sites excluding steroid dienone is 2. The molecule has 18 heavy (non-hydrogen) atoms. The fourth-order valence-electron chi connectivity index (χ4n) is 2.27. The summed E-state index contributed by atoms with van der Waals surface area (Å²) < 4.78 is 0. The molecule has 0 heterocycles. The molecular formula is C16H26O2. The Labute approximate surface area is 111 Å². The maximum atomic E-state index is 11.7. The Morgan fingerprint density at radius 2 is 2.00 bits per heavy atom. The van der Waals surface area contributed by atoms with Gasteiger partial charge in [-0.25, -0.2) is 0 Å². The van der Waals surface area contributed by atoms with Crippen molar-refractivity contribution < 1.29 is 9.59 Å². The summed E-state index contributed by atoms with van der Waals surface area (Å²) in [5.41, 5.74) is -0.247. The fraction of sp³-hybridized carbons (Fsp3) is 0.750. The molecule has 0 aromatic carbocycles. The normalized spacial score (nSPS) is 22.2. The summed E-state index contributed by atoms with van der Waals surface area (Å²) >= 11 is 0. The van der Waals surface area contributed by atoms with Crippen LogP contribution in [-0.2, 0) is 9.59 Å². The van der Waals surface area contributed by atoms with Crippen molar-refractivity contribution in [3.8, 4) is 0 Å². The first-order valence-electron chi connectivity index (χ1n) is 7.09. The van der Waals surface area contributed by atoms with Gasteiger partial charge in [0.05, 0.1) is 0 Å². The van der Waals surface area contributed by atoms with E-state index in [0.717, 1.165) is 32.1 Å². The number of carbonyl (C=O) groups excluding carboxylic acids is 2. The Hall–Kier alpha value is -0.920. The standard InChI is InChI=1S/C16H26O2/c1-16(2,3)15(18)11-7-5-9-13-8-4-6-10-14(17)12-13/h5,7,13H,4,6,8-12H2,1-3H3/b7-5+. The van der Waals surface area contributed by atoms with E-state index in [4.69, 9.17) is 0 Å². The highest BCUT2D eigenvalue weighted by Gasteiger charge is 2.19. The van der Waals surface area contributed by atoms with Crippen LogP contribution in [0.3, 0.4) is 0 Å². The van der Waals surface area contributed by atoms with Gasteiger partial charge in [0.1, 0.15) is 11.6 Å². The summed E-state index contributed by atoms with van der Waals surface area (Å²) in [5.74, 6) is 1.19. The van der Waals surface area contributed by atoms with Crippen molar-refractivity contribution in [2.45, 2.75) is 65.7 Å². The highest BCUT2D eigenvalue weighted by Crippen LogP contribution is 2.24. The van der Waals surface area contributed by atoms with E-state index in [1.807, 2.05) is 26.8 Å². The van der Waals surface area contributed by atoms with Gasteiger partial charge in [0.25, 0.3) is 0 Å². The zero-order valence-corrected chi connectivity index (χ0v) is 12.0. The number of Topliss-reactive ketones (excluding diaryl/α,β-unsaturated/α-hetero) is 2. The number of rotatable bonds is 4. The molecule has 1 fully saturated rings. The van der Waals surface area contributed by atoms with E-state index in [1.165, 1.54) is 6.42 Å². The molecule has 1 saturated carbocycles. The van der Waals surface area contributed by atoms with Crippen molar-refractivity contribution in [3.63, 3.8) is 0 Å². The molecule has 1 rings (SSSR count). The predicted molar refractivity (Wildman–Crippen MR) is 74.4 cm³/mol. The molecule has 0 spiro atoms. The zero-order valence-electron chi connectivity index (χ0n) is 12.0. The second-order valence-corrected chi connectivity index (χ2v) is 6.44. The molecule has 2 heteroatoms. The zero-order chi connectivity index (χ0) is 13.6. The van der Waals surface area contributed by atoms with Crippen LogP contribution in [0.5, 0.6) is 0 Å². The van der Waals surface area contributed by atoms with Crippen molar-refractivity contribution in [3.05, 3.63) is 12.2 Å². The van der Waals surface area contributed by atoms with E-state index in [1.54, 1.807) is 0 Å². The van der Waals surface area contributed by atoms with Crippen LogP contribution in [0.15, 0.2) is 12.2 Å². The van der Waals surface area contributed by atoms with Crippen molar-refractivity contribution in [1.82, 2.24) is 0 Å². The Morgan fingerprint density at radius 3 is 2.67 bits per heavy atom. The van der Waals surface area contributed by atoms with E-state index in [9.17, 15) is 9.59 Å². The van der Waals surface area contributed by atoms with Crippen LogP contribution in [0.25, 0.3) is 0 Å². The van der Waals surface area contributed by atoms with Gasteiger partial charge >= 0.3 is 0 Å². The van der Waals surface area contributed by atoms with Crippen LogP contribution in [0.4, 0.5) is 0 Å². The summed E-state index contributed by atoms with van der Waals surface area (Å²) in [6.45, 7) is 5.85. The Kier molecular flexibility index (Phi) is 5.77. The second kappa shape index (κ2) is 6.86. The first-order valence-corrected chi connectivity index (χ1v) is 7.09. The third kappa shape index (κ3) is 5.61. The van der Waals surface area contributed by atoms with Gasteiger partial charge in [-0.2, -0.15) is 0 Å². The van der Waals surface area contributed by atoms with Crippen LogP contribution in [0, 0.1) is 11.3 Å². The first-order chi connectivity index (χ1) is 8.39. The minimum absolute atomic E-state index is 0.247. The highest BCUT2D eigenvalue weighted by atomic mass is 16.1. The van der Waals surface area contributed by atoms with Gasteiger partial charge in [-0.3, -0.25) is 9.59 Å². The molecule has 0 N–H and O–H groups in total. The van der Waals surface area contributed by atoms with E-state index in [2.05, 4.69) is 6.08 Å². The van der Waals surface area contributed by atoms with Crippen molar-refractivity contribution in [2.24, 2.45) is 11.3 Å². The minimum Gasteiger partial charge on any atom is -0.300 e. The van der Waals surface area contributed by atoms with E-state index < -0.39 is 0 Å². The van der Waals surface area contributed by atoms with E-state index >= 15 is 0 Å². The fourth-order valence-corrected chi connectivity index (χ4v) is 2.27. The SMILES string of the molecule is CC(C)(C)C(=O)C/C=C/CC1CCCCC(=O)C1. The third-order valence-electron chi connectivity index (χ3n) is 3.61. The van der Waals surface area contributed by atoms with Crippen molar-refractivity contribution in [2.75, 3.05) is 0 Å². The number of hydrogen-bond acceptors (Lipinski definition) is 2. The molecule has 1 aliphatic carbocycles. The Bertz CT molecular complexity index is 320. The third-order valence-corrected chi connectivity index (χ3v) is 3.61. The average molecular weight is 250 g/mol. The first kappa shape index (κ1) is 15.1. The van der Waals surface area contributed by atoms with Crippen molar-refractivity contribution >= 4 is 11.6 Å². The molecule has 0 saturated heterocycles.